The van der Waals surface area contributed by atoms with Crippen LogP contribution in [0.1, 0.15) is 30.3 Å². The second-order valence-corrected chi connectivity index (χ2v) is 5.95. The molecule has 1 aliphatic heterocycles. The summed E-state index contributed by atoms with van der Waals surface area (Å²) in [5, 5.41) is 7.60. The highest BCUT2D eigenvalue weighted by atomic mass is 35.5. The fraction of sp³-hybridized carbons (Fsp3) is 0.389. The predicted octanol–water partition coefficient (Wildman–Crippen LogP) is 1.87. The van der Waals surface area contributed by atoms with Gasteiger partial charge in [-0.15, -0.1) is 12.4 Å². The molecule has 1 fully saturated rings. The summed E-state index contributed by atoms with van der Waals surface area (Å²) >= 11 is 0. The number of hydrogen-bond acceptors (Lipinski definition) is 4. The summed E-state index contributed by atoms with van der Waals surface area (Å²) < 4.78 is 1.28. The summed E-state index contributed by atoms with van der Waals surface area (Å²) in [4.78, 5) is 26.9. The Labute approximate surface area is 153 Å². The van der Waals surface area contributed by atoms with Crippen LogP contribution in [0, 0.1) is 0 Å². The lowest BCUT2D eigenvalue weighted by Crippen LogP contribution is -2.43. The third-order valence-corrected chi connectivity index (χ3v) is 4.22. The molecule has 7 heteroatoms. The lowest BCUT2D eigenvalue weighted by molar-refractivity contribution is 0.0684. The van der Waals surface area contributed by atoms with Crippen LogP contribution >= 0.6 is 12.4 Å². The first-order chi connectivity index (χ1) is 11.7. The van der Waals surface area contributed by atoms with Gasteiger partial charge in [0.1, 0.15) is 5.69 Å². The lowest BCUT2D eigenvalue weighted by atomic mass is 10.2. The molecule has 1 aromatic heterocycles. The minimum Gasteiger partial charge on any atom is -0.333 e. The van der Waals surface area contributed by atoms with Crippen LogP contribution in [0.2, 0.25) is 0 Å². The predicted molar refractivity (Wildman–Crippen MR) is 99.7 cm³/mol. The molecule has 3 rings (SSSR count). The largest absolute Gasteiger partial charge is 0.333 e. The maximum atomic E-state index is 12.9. The highest BCUT2D eigenvalue weighted by molar-refractivity contribution is 5.92. The van der Waals surface area contributed by atoms with E-state index in [4.69, 9.17) is 0 Å². The van der Waals surface area contributed by atoms with Crippen LogP contribution in [-0.4, -0.2) is 46.3 Å². The van der Waals surface area contributed by atoms with E-state index in [-0.39, 0.29) is 29.9 Å². The standard InChI is InChI=1S/C18H22N4O2.ClH/c1-2-12-21(15-10-11-19-13-15)18(24)16-8-9-17(23)22(20-16)14-6-4-3-5-7-14;/h3-9,15,19H,2,10-13H2,1H3;1H. The SMILES string of the molecule is CCCN(C(=O)c1ccc(=O)n(-c2ccccc2)n1)C1CCNC1.Cl. The number of aromatic nitrogens is 2. The highest BCUT2D eigenvalue weighted by Crippen LogP contribution is 2.13. The fourth-order valence-corrected chi connectivity index (χ4v) is 3.02. The zero-order valence-electron chi connectivity index (χ0n) is 14.2. The first kappa shape index (κ1) is 19.1. The Bertz CT molecular complexity index is 757. The van der Waals surface area contributed by atoms with E-state index in [1.165, 1.54) is 16.8 Å². The van der Waals surface area contributed by atoms with E-state index in [0.717, 1.165) is 25.9 Å². The second kappa shape index (κ2) is 8.78. The van der Waals surface area contributed by atoms with Gasteiger partial charge >= 0.3 is 0 Å². The zero-order valence-corrected chi connectivity index (χ0v) is 15.0. The topological polar surface area (TPSA) is 67.2 Å². The van der Waals surface area contributed by atoms with E-state index in [1.807, 2.05) is 23.1 Å². The van der Waals surface area contributed by atoms with Gasteiger partial charge in [0.2, 0.25) is 0 Å². The van der Waals surface area contributed by atoms with Crippen LogP contribution in [0.3, 0.4) is 0 Å². The van der Waals surface area contributed by atoms with Gasteiger partial charge in [0.05, 0.1) is 5.69 Å². The average Bonchev–Trinajstić information content (AvgIpc) is 3.14. The maximum Gasteiger partial charge on any atom is 0.274 e. The van der Waals surface area contributed by atoms with Crippen molar-refractivity contribution in [3.63, 3.8) is 0 Å². The van der Waals surface area contributed by atoms with Crippen molar-refractivity contribution in [3.8, 4) is 5.69 Å². The maximum absolute atomic E-state index is 12.9. The molecule has 1 N–H and O–H groups in total. The molecule has 0 saturated carbocycles. The van der Waals surface area contributed by atoms with Crippen LogP contribution in [-0.2, 0) is 0 Å². The third kappa shape index (κ3) is 4.27. The van der Waals surface area contributed by atoms with Crippen molar-refractivity contribution in [2.24, 2.45) is 0 Å². The molecular weight excluding hydrogens is 340 g/mol. The second-order valence-electron chi connectivity index (χ2n) is 5.95. The van der Waals surface area contributed by atoms with Crippen LogP contribution in [0.15, 0.2) is 47.3 Å². The minimum absolute atomic E-state index is 0. The summed E-state index contributed by atoms with van der Waals surface area (Å²) in [5.41, 5.74) is 0.711. The molecule has 1 amide bonds. The van der Waals surface area contributed by atoms with Gasteiger partial charge in [-0.3, -0.25) is 9.59 Å². The zero-order chi connectivity index (χ0) is 16.9. The number of carbonyl (C=O) groups is 1. The van der Waals surface area contributed by atoms with E-state index in [0.29, 0.717) is 17.9 Å². The fourth-order valence-electron chi connectivity index (χ4n) is 3.02. The van der Waals surface area contributed by atoms with E-state index in [9.17, 15) is 9.59 Å². The highest BCUT2D eigenvalue weighted by Gasteiger charge is 2.27. The number of nitrogens with zero attached hydrogens (tertiary/aromatic N) is 3. The van der Waals surface area contributed by atoms with Crippen molar-refractivity contribution >= 4 is 18.3 Å². The Morgan fingerprint density at radius 2 is 2.04 bits per heavy atom. The number of hydrogen-bond donors (Lipinski definition) is 1. The Balaban J connectivity index is 0.00000225. The number of para-hydroxylation sites is 1. The van der Waals surface area contributed by atoms with Crippen molar-refractivity contribution in [2.75, 3.05) is 19.6 Å². The molecule has 2 heterocycles. The van der Waals surface area contributed by atoms with Crippen molar-refractivity contribution in [3.05, 3.63) is 58.5 Å². The van der Waals surface area contributed by atoms with Gasteiger partial charge in [0, 0.05) is 25.2 Å². The van der Waals surface area contributed by atoms with Crippen molar-refractivity contribution in [1.29, 1.82) is 0 Å². The summed E-state index contributed by atoms with van der Waals surface area (Å²) in [5.74, 6) is -0.116. The van der Waals surface area contributed by atoms with Crippen LogP contribution in [0.5, 0.6) is 0 Å². The molecule has 134 valence electrons. The van der Waals surface area contributed by atoms with Crippen LogP contribution < -0.4 is 10.9 Å². The first-order valence-corrected chi connectivity index (χ1v) is 8.38. The number of benzene rings is 1. The van der Waals surface area contributed by atoms with Crippen LogP contribution in [0.25, 0.3) is 5.69 Å². The van der Waals surface area contributed by atoms with Gasteiger partial charge in [-0.1, -0.05) is 25.1 Å². The van der Waals surface area contributed by atoms with Gasteiger partial charge in [-0.2, -0.15) is 9.78 Å². The molecule has 1 atom stereocenters. The summed E-state index contributed by atoms with van der Waals surface area (Å²) in [7, 11) is 0. The van der Waals surface area contributed by atoms with Gasteiger partial charge in [-0.25, -0.2) is 0 Å². The van der Waals surface area contributed by atoms with Crippen LogP contribution in [0.4, 0.5) is 0 Å². The molecule has 25 heavy (non-hydrogen) atoms. The number of amides is 1. The smallest absolute Gasteiger partial charge is 0.274 e. The molecule has 0 bridgehead atoms. The van der Waals surface area contributed by atoms with Crippen molar-refractivity contribution < 1.29 is 4.79 Å². The van der Waals surface area contributed by atoms with Gasteiger partial charge < -0.3 is 10.2 Å². The monoisotopic (exact) mass is 362 g/mol. The molecule has 2 aromatic rings. The molecule has 1 aliphatic rings. The quantitative estimate of drug-likeness (QED) is 0.881. The summed E-state index contributed by atoms with van der Waals surface area (Å²) in [6, 6.07) is 12.3. The molecule has 1 aromatic carbocycles. The lowest BCUT2D eigenvalue weighted by Gasteiger charge is -2.28. The summed E-state index contributed by atoms with van der Waals surface area (Å²) in [6.45, 7) is 4.48. The summed E-state index contributed by atoms with van der Waals surface area (Å²) in [6.07, 6.45) is 1.84. The number of rotatable bonds is 5. The van der Waals surface area contributed by atoms with E-state index in [2.05, 4.69) is 17.3 Å². The molecular formula is C18H23ClN4O2. The Kier molecular flexibility index (Phi) is 6.73. The van der Waals surface area contributed by atoms with Gasteiger partial charge in [0.15, 0.2) is 0 Å². The minimum atomic E-state index is -0.248. The molecule has 0 radical (unpaired) electrons. The number of halogens is 1. The normalized spacial score (nSPS) is 16.3. The Morgan fingerprint density at radius 3 is 2.68 bits per heavy atom. The third-order valence-electron chi connectivity index (χ3n) is 4.22. The van der Waals surface area contributed by atoms with E-state index in [1.54, 1.807) is 12.1 Å². The average molecular weight is 363 g/mol. The first-order valence-electron chi connectivity index (χ1n) is 8.38. The molecule has 6 nitrogen and oxygen atoms in total. The van der Waals surface area contributed by atoms with Gasteiger partial charge in [-0.05, 0) is 37.6 Å². The number of nitrogens with one attached hydrogen (secondary N) is 1. The van der Waals surface area contributed by atoms with E-state index < -0.39 is 0 Å². The van der Waals surface area contributed by atoms with Gasteiger partial charge in [0.25, 0.3) is 11.5 Å². The Hall–Kier alpha value is -2.18. The molecule has 0 spiro atoms. The molecule has 1 unspecified atom stereocenters. The number of carbonyl (C=O) groups excluding carboxylic acids is 1. The molecule has 1 saturated heterocycles. The molecule has 0 aliphatic carbocycles. The Morgan fingerprint density at radius 1 is 1.28 bits per heavy atom. The van der Waals surface area contributed by atoms with Crippen molar-refractivity contribution in [1.82, 2.24) is 20.0 Å². The van der Waals surface area contributed by atoms with Crippen molar-refractivity contribution in [2.45, 2.75) is 25.8 Å². The van der Waals surface area contributed by atoms with E-state index >= 15 is 0 Å².